The van der Waals surface area contributed by atoms with Crippen LogP contribution in [0.3, 0.4) is 0 Å². The highest BCUT2D eigenvalue weighted by molar-refractivity contribution is 7.10. The lowest BCUT2D eigenvalue weighted by atomic mass is 9.97. The van der Waals surface area contributed by atoms with E-state index in [1.54, 1.807) is 17.0 Å². The van der Waals surface area contributed by atoms with Gasteiger partial charge in [0.1, 0.15) is 18.1 Å². The molecule has 7 heteroatoms. The molecule has 3 aromatic rings. The Balaban J connectivity index is 1.64. The Labute approximate surface area is 210 Å². The molecule has 1 aromatic heterocycles. The van der Waals surface area contributed by atoms with Crippen molar-refractivity contribution in [3.8, 4) is 5.75 Å². The second kappa shape index (κ2) is 10.9. The Kier molecular flexibility index (Phi) is 7.68. The van der Waals surface area contributed by atoms with Crippen LogP contribution in [0.1, 0.15) is 34.0 Å². The van der Waals surface area contributed by atoms with E-state index in [1.807, 2.05) is 79.8 Å². The molecule has 1 fully saturated rings. The van der Waals surface area contributed by atoms with Crippen LogP contribution in [-0.4, -0.2) is 53.8 Å². The highest BCUT2D eigenvalue weighted by atomic mass is 32.1. The van der Waals surface area contributed by atoms with Gasteiger partial charge in [-0.1, -0.05) is 36.4 Å². The van der Waals surface area contributed by atoms with Gasteiger partial charge in [-0.3, -0.25) is 9.59 Å². The Bertz CT molecular complexity index is 1220. The zero-order valence-corrected chi connectivity index (χ0v) is 21.0. The van der Waals surface area contributed by atoms with Gasteiger partial charge >= 0.3 is 0 Å². The van der Waals surface area contributed by atoms with Crippen LogP contribution in [-0.2, 0) is 16.2 Å². The molecule has 1 aliphatic heterocycles. The molecule has 1 saturated heterocycles. The number of ketones is 1. The molecule has 1 amide bonds. The molecular weight excluding hydrogens is 460 g/mol. The predicted molar refractivity (Wildman–Crippen MR) is 138 cm³/mol. The molecule has 35 heavy (non-hydrogen) atoms. The monoisotopic (exact) mass is 490 g/mol. The molecule has 1 atom stereocenters. The molecule has 1 aliphatic rings. The van der Waals surface area contributed by atoms with Gasteiger partial charge in [-0.15, -0.1) is 11.3 Å². The summed E-state index contributed by atoms with van der Waals surface area (Å²) in [5.74, 6) is -0.690. The van der Waals surface area contributed by atoms with Crippen LogP contribution in [0.4, 0.5) is 0 Å². The number of likely N-dealkylation sites (tertiary alicyclic amines) is 1. The first-order valence-electron chi connectivity index (χ1n) is 11.6. The number of carbonyl (C=O) groups excluding carboxylic acids is 2. The van der Waals surface area contributed by atoms with Crippen molar-refractivity contribution in [2.45, 2.75) is 26.0 Å². The summed E-state index contributed by atoms with van der Waals surface area (Å²) in [6.07, 6.45) is 0.731. The van der Waals surface area contributed by atoms with Crippen molar-refractivity contribution in [3.63, 3.8) is 0 Å². The van der Waals surface area contributed by atoms with E-state index in [2.05, 4.69) is 0 Å². The smallest absolute Gasteiger partial charge is 0.295 e. The molecule has 0 aliphatic carbocycles. The Morgan fingerprint density at radius 1 is 1.09 bits per heavy atom. The molecule has 182 valence electrons. The van der Waals surface area contributed by atoms with Crippen LogP contribution < -0.4 is 4.74 Å². The topological polar surface area (TPSA) is 70.1 Å². The normalized spacial score (nSPS) is 17.4. The first-order chi connectivity index (χ1) is 16.9. The third-order valence-corrected chi connectivity index (χ3v) is 6.98. The fourth-order valence-electron chi connectivity index (χ4n) is 4.29. The summed E-state index contributed by atoms with van der Waals surface area (Å²) in [5, 5.41) is 13.2. The summed E-state index contributed by atoms with van der Waals surface area (Å²) in [6, 6.07) is 18.4. The van der Waals surface area contributed by atoms with Crippen molar-refractivity contribution >= 4 is 28.8 Å². The Morgan fingerprint density at radius 2 is 1.86 bits per heavy atom. The van der Waals surface area contributed by atoms with Crippen LogP contribution >= 0.6 is 11.3 Å². The van der Waals surface area contributed by atoms with Crippen LogP contribution in [0.25, 0.3) is 5.76 Å². The highest BCUT2D eigenvalue weighted by Gasteiger charge is 2.46. The van der Waals surface area contributed by atoms with Crippen molar-refractivity contribution < 1.29 is 19.4 Å². The predicted octanol–water partition coefficient (Wildman–Crippen LogP) is 5.01. The lowest BCUT2D eigenvalue weighted by Crippen LogP contribution is -2.32. The molecular formula is C28H30N2O4S. The van der Waals surface area contributed by atoms with E-state index in [0.29, 0.717) is 24.5 Å². The largest absolute Gasteiger partial charge is 0.507 e. The van der Waals surface area contributed by atoms with Crippen LogP contribution in [0.5, 0.6) is 5.75 Å². The number of amides is 1. The third-order valence-electron chi connectivity index (χ3n) is 6.06. The number of aryl methyl sites for hydroxylation is 1. The number of ether oxygens (including phenoxy) is 1. The number of hydrogen-bond acceptors (Lipinski definition) is 6. The molecule has 6 nitrogen and oxygen atoms in total. The molecule has 4 rings (SSSR count). The van der Waals surface area contributed by atoms with Gasteiger partial charge in [0.15, 0.2) is 0 Å². The number of carbonyl (C=O) groups is 2. The fourth-order valence-corrected chi connectivity index (χ4v) is 5.13. The maximum atomic E-state index is 13.1. The van der Waals surface area contributed by atoms with E-state index in [0.717, 1.165) is 29.0 Å². The second-order valence-corrected chi connectivity index (χ2v) is 9.90. The average molecular weight is 491 g/mol. The van der Waals surface area contributed by atoms with Gasteiger partial charge in [0.05, 0.1) is 11.6 Å². The molecule has 0 unspecified atom stereocenters. The van der Waals surface area contributed by atoms with Gasteiger partial charge < -0.3 is 19.6 Å². The van der Waals surface area contributed by atoms with Crippen molar-refractivity contribution in [2.24, 2.45) is 0 Å². The number of Topliss-reactive ketones (excluding diaryl/α,β-unsaturated/α-hetero) is 1. The maximum absolute atomic E-state index is 13.1. The number of aliphatic hydroxyl groups excluding tert-OH is 1. The van der Waals surface area contributed by atoms with E-state index in [9.17, 15) is 14.7 Å². The van der Waals surface area contributed by atoms with Gasteiger partial charge in [-0.25, -0.2) is 0 Å². The van der Waals surface area contributed by atoms with Gasteiger partial charge in [0, 0.05) is 17.0 Å². The molecule has 0 saturated carbocycles. The summed E-state index contributed by atoms with van der Waals surface area (Å²) >= 11 is 1.47. The average Bonchev–Trinajstić information content (AvgIpc) is 3.45. The zero-order chi connectivity index (χ0) is 24.9. The minimum Gasteiger partial charge on any atom is -0.507 e. The SMILES string of the molecule is Cc1cc(OCc2ccccc2)ccc1C(O)=C1C(=O)C(=O)N(CCCN(C)C)[C@H]1c1cccs1. The number of nitrogens with zero attached hydrogens (tertiary/aromatic N) is 2. The van der Waals surface area contributed by atoms with E-state index in [1.165, 1.54) is 11.3 Å². The molecule has 0 radical (unpaired) electrons. The highest BCUT2D eigenvalue weighted by Crippen LogP contribution is 2.41. The van der Waals surface area contributed by atoms with E-state index in [-0.39, 0.29) is 11.3 Å². The summed E-state index contributed by atoms with van der Waals surface area (Å²) in [6.45, 7) is 3.52. The molecule has 2 aromatic carbocycles. The van der Waals surface area contributed by atoms with E-state index in [4.69, 9.17) is 4.74 Å². The number of benzene rings is 2. The number of thiophene rings is 1. The number of rotatable bonds is 9. The van der Waals surface area contributed by atoms with E-state index < -0.39 is 17.7 Å². The summed E-state index contributed by atoms with van der Waals surface area (Å²) in [4.78, 5) is 30.6. The van der Waals surface area contributed by atoms with Crippen LogP contribution in [0.15, 0.2) is 71.6 Å². The molecule has 2 heterocycles. The third kappa shape index (κ3) is 5.47. The van der Waals surface area contributed by atoms with Gasteiger partial charge in [0.2, 0.25) is 0 Å². The standard InChI is InChI=1S/C28H30N2O4S/c1-19-17-21(34-18-20-9-5-4-6-10-20)12-13-22(19)26(31)24-25(23-11-7-16-35-23)30(28(33)27(24)32)15-8-14-29(2)3/h4-7,9-13,16-17,25,31H,8,14-15,18H2,1-3H3/t25-/m0/s1. The minimum atomic E-state index is -0.644. The van der Waals surface area contributed by atoms with Crippen molar-refractivity contribution in [1.82, 2.24) is 9.80 Å². The second-order valence-electron chi connectivity index (χ2n) is 8.92. The van der Waals surface area contributed by atoms with Crippen LogP contribution in [0, 0.1) is 6.92 Å². The van der Waals surface area contributed by atoms with Crippen molar-refractivity contribution in [2.75, 3.05) is 27.2 Å². The Morgan fingerprint density at radius 3 is 2.51 bits per heavy atom. The molecule has 0 spiro atoms. The van der Waals surface area contributed by atoms with Crippen molar-refractivity contribution in [1.29, 1.82) is 0 Å². The first-order valence-corrected chi connectivity index (χ1v) is 12.5. The van der Waals surface area contributed by atoms with Gasteiger partial charge in [0.25, 0.3) is 11.7 Å². The zero-order valence-electron chi connectivity index (χ0n) is 20.2. The number of aliphatic hydroxyl groups is 1. The first kappa shape index (κ1) is 24.7. The summed E-state index contributed by atoms with van der Waals surface area (Å²) in [7, 11) is 3.95. The van der Waals surface area contributed by atoms with E-state index >= 15 is 0 Å². The van der Waals surface area contributed by atoms with Gasteiger partial charge in [-0.2, -0.15) is 0 Å². The van der Waals surface area contributed by atoms with Gasteiger partial charge in [-0.05, 0) is 74.8 Å². The maximum Gasteiger partial charge on any atom is 0.295 e. The fraction of sp³-hybridized carbons (Fsp3) is 0.286. The quantitative estimate of drug-likeness (QED) is 0.259. The minimum absolute atomic E-state index is 0.142. The molecule has 0 bridgehead atoms. The van der Waals surface area contributed by atoms with Crippen LogP contribution in [0.2, 0.25) is 0 Å². The molecule has 1 N–H and O–H groups in total. The number of hydrogen-bond donors (Lipinski definition) is 1. The summed E-state index contributed by atoms with van der Waals surface area (Å²) < 4.78 is 5.90. The lowest BCUT2D eigenvalue weighted by molar-refractivity contribution is -0.139. The van der Waals surface area contributed by atoms with Crippen molar-refractivity contribution in [3.05, 3.63) is 93.2 Å². The lowest BCUT2D eigenvalue weighted by Gasteiger charge is -2.24. The Hall–Kier alpha value is -3.42. The summed E-state index contributed by atoms with van der Waals surface area (Å²) in [5.41, 5.74) is 2.48.